The number of hydrogen-bond acceptors (Lipinski definition) is 2. The van der Waals surface area contributed by atoms with Crippen molar-refractivity contribution in [3.8, 4) is 0 Å². The number of hydrazine groups is 1. The molecule has 0 spiro atoms. The minimum atomic E-state index is -4.16. The maximum Gasteiger partial charge on any atom is 0.394 e. The van der Waals surface area contributed by atoms with Gasteiger partial charge in [-0.05, 0) is 19.3 Å². The van der Waals surface area contributed by atoms with Crippen LogP contribution in [0, 0.1) is 10.8 Å². The highest BCUT2D eigenvalue weighted by molar-refractivity contribution is 5.86. The summed E-state index contributed by atoms with van der Waals surface area (Å²) in [5, 5.41) is 0. The van der Waals surface area contributed by atoms with Crippen molar-refractivity contribution in [2.45, 2.75) is 25.4 Å². The maximum absolute atomic E-state index is 12.3. The van der Waals surface area contributed by atoms with Crippen LogP contribution in [0.2, 0.25) is 0 Å². The zero-order valence-corrected chi connectivity index (χ0v) is 6.74. The van der Waals surface area contributed by atoms with E-state index in [1.54, 1.807) is 0 Å². The second-order valence-corrected chi connectivity index (χ2v) is 4.06. The summed E-state index contributed by atoms with van der Waals surface area (Å²) < 4.78 is 36.9. The van der Waals surface area contributed by atoms with E-state index in [0.29, 0.717) is 0 Å². The van der Waals surface area contributed by atoms with Crippen LogP contribution in [-0.4, -0.2) is 12.1 Å². The predicted octanol–water partition coefficient (Wildman–Crippen LogP) is 0.709. The summed E-state index contributed by atoms with van der Waals surface area (Å²) in [5.74, 6) is 4.40. The summed E-state index contributed by atoms with van der Waals surface area (Å²) in [4.78, 5) is 11.0. The Bertz CT molecular complexity index is 254. The van der Waals surface area contributed by atoms with Crippen LogP contribution in [-0.2, 0) is 4.79 Å². The number of halogens is 3. The molecule has 0 saturated heterocycles. The number of nitrogens with one attached hydrogen (secondary N) is 1. The third-order valence-corrected chi connectivity index (χ3v) is 3.24. The van der Waals surface area contributed by atoms with Gasteiger partial charge in [-0.3, -0.25) is 10.2 Å². The second kappa shape index (κ2) is 2.00. The van der Waals surface area contributed by atoms with Gasteiger partial charge in [0.1, 0.15) is 0 Å². The highest BCUT2D eigenvalue weighted by atomic mass is 19.4. The lowest BCUT2D eigenvalue weighted by molar-refractivity contribution is -0.351. The summed E-state index contributed by atoms with van der Waals surface area (Å²) in [5.41, 5.74) is -0.464. The molecule has 0 atom stereocenters. The minimum absolute atomic E-state index is 0.0907. The largest absolute Gasteiger partial charge is 0.394 e. The van der Waals surface area contributed by atoms with Crippen molar-refractivity contribution < 1.29 is 18.0 Å². The van der Waals surface area contributed by atoms with E-state index < -0.39 is 22.9 Å². The molecule has 3 rings (SSSR count). The zero-order valence-electron chi connectivity index (χ0n) is 6.74. The van der Waals surface area contributed by atoms with E-state index in [-0.39, 0.29) is 19.3 Å². The minimum Gasteiger partial charge on any atom is -0.294 e. The maximum atomic E-state index is 12.3. The summed E-state index contributed by atoms with van der Waals surface area (Å²) in [7, 11) is 0. The summed E-state index contributed by atoms with van der Waals surface area (Å²) in [6, 6.07) is 0. The molecular weight excluding hydrogens is 185 g/mol. The third kappa shape index (κ3) is 0.815. The van der Waals surface area contributed by atoms with E-state index in [0.717, 1.165) is 0 Å². The molecule has 0 aromatic heterocycles. The monoisotopic (exact) mass is 194 g/mol. The van der Waals surface area contributed by atoms with Crippen LogP contribution in [0.5, 0.6) is 0 Å². The van der Waals surface area contributed by atoms with Crippen molar-refractivity contribution in [3.05, 3.63) is 0 Å². The third-order valence-electron chi connectivity index (χ3n) is 3.24. The van der Waals surface area contributed by atoms with Gasteiger partial charge in [0.25, 0.3) is 0 Å². The average Bonchev–Trinajstić information content (AvgIpc) is 1.77. The fourth-order valence-corrected chi connectivity index (χ4v) is 2.48. The molecule has 1 amide bonds. The number of nitrogens with two attached hydrogens (primary N) is 1. The van der Waals surface area contributed by atoms with E-state index >= 15 is 0 Å². The van der Waals surface area contributed by atoms with E-state index in [4.69, 9.17) is 5.84 Å². The van der Waals surface area contributed by atoms with Crippen molar-refractivity contribution >= 4 is 5.91 Å². The molecule has 0 aromatic rings. The predicted molar refractivity (Wildman–Crippen MR) is 37.1 cm³/mol. The Morgan fingerprint density at radius 2 is 1.77 bits per heavy atom. The Morgan fingerprint density at radius 1 is 1.31 bits per heavy atom. The van der Waals surface area contributed by atoms with Crippen LogP contribution in [0.4, 0.5) is 13.2 Å². The smallest absolute Gasteiger partial charge is 0.294 e. The van der Waals surface area contributed by atoms with Gasteiger partial charge in [0.2, 0.25) is 5.91 Å². The topological polar surface area (TPSA) is 55.1 Å². The Morgan fingerprint density at radius 3 is 2.08 bits per heavy atom. The van der Waals surface area contributed by atoms with Crippen LogP contribution in [0.25, 0.3) is 0 Å². The van der Waals surface area contributed by atoms with Crippen molar-refractivity contribution in [1.82, 2.24) is 5.43 Å². The van der Waals surface area contributed by atoms with E-state index in [2.05, 4.69) is 0 Å². The molecule has 3 saturated carbocycles. The fraction of sp³-hybridized carbons (Fsp3) is 0.857. The molecule has 0 aliphatic heterocycles. The van der Waals surface area contributed by atoms with Gasteiger partial charge in [0.15, 0.2) is 0 Å². The standard InChI is InChI=1S/C7H9F3N2O/c8-7(9,10)6-1-5(2-6,3-6)4(13)12-11/h1-3,11H2,(H,12,13). The summed E-state index contributed by atoms with van der Waals surface area (Å²) >= 11 is 0. The van der Waals surface area contributed by atoms with Crippen LogP contribution in [0.15, 0.2) is 0 Å². The Balaban J connectivity index is 2.04. The molecule has 3 aliphatic rings. The molecule has 0 aromatic carbocycles. The fourth-order valence-electron chi connectivity index (χ4n) is 2.48. The summed E-state index contributed by atoms with van der Waals surface area (Å²) in [6.45, 7) is 0. The van der Waals surface area contributed by atoms with Gasteiger partial charge < -0.3 is 0 Å². The van der Waals surface area contributed by atoms with Gasteiger partial charge in [0, 0.05) is 0 Å². The number of hydrogen-bond donors (Lipinski definition) is 2. The van der Waals surface area contributed by atoms with Crippen molar-refractivity contribution in [3.63, 3.8) is 0 Å². The number of amides is 1. The molecule has 74 valence electrons. The first-order valence-electron chi connectivity index (χ1n) is 3.93. The molecule has 3 nitrogen and oxygen atoms in total. The molecule has 3 N–H and O–H groups in total. The first kappa shape index (κ1) is 8.80. The number of alkyl halides is 3. The van der Waals surface area contributed by atoms with Crippen LogP contribution < -0.4 is 11.3 Å². The lowest BCUT2D eigenvalue weighted by Crippen LogP contribution is -2.73. The van der Waals surface area contributed by atoms with Crippen LogP contribution in [0.1, 0.15) is 19.3 Å². The first-order valence-corrected chi connectivity index (χ1v) is 3.93. The Kier molecular flexibility index (Phi) is 1.35. The van der Waals surface area contributed by atoms with E-state index in [9.17, 15) is 18.0 Å². The molecule has 0 radical (unpaired) electrons. The van der Waals surface area contributed by atoms with Gasteiger partial charge in [-0.15, -0.1) is 0 Å². The molecule has 2 bridgehead atoms. The molecule has 0 unspecified atom stereocenters. The molecule has 3 aliphatic carbocycles. The van der Waals surface area contributed by atoms with Crippen molar-refractivity contribution in [2.75, 3.05) is 0 Å². The Hall–Kier alpha value is -0.780. The van der Waals surface area contributed by atoms with Crippen molar-refractivity contribution in [1.29, 1.82) is 0 Å². The molecular formula is C7H9F3N2O. The number of carbonyl (C=O) groups is 1. The van der Waals surface area contributed by atoms with E-state index in [1.807, 2.05) is 5.43 Å². The SMILES string of the molecule is NNC(=O)C12CC(C(F)(F)F)(C1)C2. The second-order valence-electron chi connectivity index (χ2n) is 4.06. The first-order chi connectivity index (χ1) is 5.85. The molecule has 6 heteroatoms. The average molecular weight is 194 g/mol. The molecule has 13 heavy (non-hydrogen) atoms. The number of carbonyl (C=O) groups excluding carboxylic acids is 1. The number of rotatable bonds is 1. The van der Waals surface area contributed by atoms with Gasteiger partial charge in [0.05, 0.1) is 10.8 Å². The highest BCUT2D eigenvalue weighted by Crippen LogP contribution is 2.78. The van der Waals surface area contributed by atoms with Gasteiger partial charge in [-0.25, -0.2) is 5.84 Å². The summed E-state index contributed by atoms with van der Waals surface area (Å²) in [6.07, 6.45) is -4.44. The highest BCUT2D eigenvalue weighted by Gasteiger charge is 2.80. The molecule has 3 fully saturated rings. The normalized spacial score (nSPS) is 41.8. The van der Waals surface area contributed by atoms with E-state index in [1.165, 1.54) is 0 Å². The quantitative estimate of drug-likeness (QED) is 0.367. The van der Waals surface area contributed by atoms with Crippen molar-refractivity contribution in [2.24, 2.45) is 16.7 Å². The van der Waals surface area contributed by atoms with Gasteiger partial charge in [-0.1, -0.05) is 0 Å². The van der Waals surface area contributed by atoms with Crippen LogP contribution in [0.3, 0.4) is 0 Å². The lowest BCUT2D eigenvalue weighted by Gasteiger charge is -2.68. The van der Waals surface area contributed by atoms with Crippen LogP contribution >= 0.6 is 0 Å². The van der Waals surface area contributed by atoms with Gasteiger partial charge >= 0.3 is 6.18 Å². The zero-order chi connectivity index (χ0) is 9.91. The lowest BCUT2D eigenvalue weighted by atomic mass is 9.34. The Labute approximate surface area is 72.4 Å². The molecule has 0 heterocycles. The van der Waals surface area contributed by atoms with Gasteiger partial charge in [-0.2, -0.15) is 13.2 Å².